The molecule has 3 nitrogen and oxygen atoms in total. The molecule has 0 radical (unpaired) electrons. The fourth-order valence-electron chi connectivity index (χ4n) is 2.22. The Labute approximate surface area is 114 Å². The second kappa shape index (κ2) is 6.98. The summed E-state index contributed by atoms with van der Waals surface area (Å²) in [6.07, 6.45) is 1.21. The first kappa shape index (κ1) is 13.7. The van der Waals surface area contributed by atoms with Gasteiger partial charge in [0.25, 0.3) is 0 Å². The Morgan fingerprint density at radius 2 is 2.17 bits per heavy atom. The van der Waals surface area contributed by atoms with Crippen LogP contribution in [0.1, 0.15) is 13.3 Å². The third-order valence-corrected chi connectivity index (χ3v) is 3.42. The molecule has 0 bridgehead atoms. The van der Waals surface area contributed by atoms with Gasteiger partial charge in [0.05, 0.1) is 0 Å². The molecule has 0 aromatic heterocycles. The quantitative estimate of drug-likeness (QED) is 0.908. The first-order valence-electron chi connectivity index (χ1n) is 6.58. The molecule has 0 aliphatic carbocycles. The molecule has 1 N–H and O–H groups in total. The number of hydrogen-bond donors (Lipinski definition) is 1. The molecule has 1 aliphatic heterocycles. The minimum absolute atomic E-state index is 0.572. The van der Waals surface area contributed by atoms with Crippen molar-refractivity contribution in [3.05, 3.63) is 29.3 Å². The molecule has 4 heteroatoms. The highest BCUT2D eigenvalue weighted by molar-refractivity contribution is 6.30. The Hall–Kier alpha value is -0.770. The lowest BCUT2D eigenvalue weighted by atomic mass is 10.3. The van der Waals surface area contributed by atoms with Crippen LogP contribution in [-0.2, 0) is 0 Å². The first-order valence-corrected chi connectivity index (χ1v) is 6.96. The van der Waals surface area contributed by atoms with E-state index in [9.17, 15) is 0 Å². The Morgan fingerprint density at radius 1 is 1.39 bits per heavy atom. The van der Waals surface area contributed by atoms with E-state index in [1.54, 1.807) is 0 Å². The Bertz CT molecular complexity index is 355. The summed E-state index contributed by atoms with van der Waals surface area (Å²) in [6, 6.07) is 8.11. The highest BCUT2D eigenvalue weighted by atomic mass is 35.5. The molecule has 0 amide bonds. The number of nitrogens with one attached hydrogen (secondary N) is 1. The zero-order valence-electron chi connectivity index (χ0n) is 10.9. The van der Waals surface area contributed by atoms with E-state index in [-0.39, 0.29) is 0 Å². The van der Waals surface area contributed by atoms with E-state index >= 15 is 0 Å². The van der Waals surface area contributed by atoms with Gasteiger partial charge in [0.15, 0.2) is 0 Å². The average Bonchev–Trinajstić information content (AvgIpc) is 2.56. The Balaban J connectivity index is 1.72. The maximum atomic E-state index is 5.83. The van der Waals surface area contributed by atoms with E-state index in [1.165, 1.54) is 6.42 Å². The lowest BCUT2D eigenvalue weighted by Gasteiger charge is -2.22. The van der Waals surface area contributed by atoms with Crippen molar-refractivity contribution in [2.24, 2.45) is 0 Å². The Kier molecular flexibility index (Phi) is 5.29. The highest BCUT2D eigenvalue weighted by Gasteiger charge is 2.13. The van der Waals surface area contributed by atoms with Crippen molar-refractivity contribution in [3.63, 3.8) is 0 Å². The van der Waals surface area contributed by atoms with Gasteiger partial charge in [-0.15, -0.1) is 0 Å². The van der Waals surface area contributed by atoms with Crippen LogP contribution in [0.5, 0.6) is 5.75 Å². The van der Waals surface area contributed by atoms with Crippen LogP contribution in [0.15, 0.2) is 24.3 Å². The maximum Gasteiger partial charge on any atom is 0.119 e. The summed E-state index contributed by atoms with van der Waals surface area (Å²) in [4.78, 5) is 2.46. The van der Waals surface area contributed by atoms with Crippen molar-refractivity contribution in [2.75, 3.05) is 32.8 Å². The molecule has 2 rings (SSSR count). The molecule has 1 aromatic rings. The van der Waals surface area contributed by atoms with Crippen LogP contribution in [0.4, 0.5) is 0 Å². The fraction of sp³-hybridized carbons (Fsp3) is 0.571. The van der Waals surface area contributed by atoms with Crippen LogP contribution in [0.25, 0.3) is 0 Å². The molecular formula is C14H21ClN2O. The van der Waals surface area contributed by atoms with Crippen molar-refractivity contribution < 1.29 is 4.74 Å². The topological polar surface area (TPSA) is 24.5 Å². The summed E-state index contributed by atoms with van der Waals surface area (Å²) in [5, 5.41) is 4.24. The molecule has 1 fully saturated rings. The van der Waals surface area contributed by atoms with Gasteiger partial charge in [-0.3, -0.25) is 4.90 Å². The van der Waals surface area contributed by atoms with E-state index in [2.05, 4.69) is 17.1 Å². The minimum atomic E-state index is 0.572. The van der Waals surface area contributed by atoms with Crippen LogP contribution in [0, 0.1) is 0 Å². The number of rotatable bonds is 4. The third-order valence-electron chi connectivity index (χ3n) is 3.17. The van der Waals surface area contributed by atoms with E-state index in [0.29, 0.717) is 6.04 Å². The zero-order chi connectivity index (χ0) is 12.8. The van der Waals surface area contributed by atoms with E-state index in [4.69, 9.17) is 16.3 Å². The monoisotopic (exact) mass is 268 g/mol. The predicted molar refractivity (Wildman–Crippen MR) is 75.5 cm³/mol. The number of halogens is 1. The van der Waals surface area contributed by atoms with Crippen LogP contribution in [0.2, 0.25) is 5.02 Å². The van der Waals surface area contributed by atoms with Gasteiger partial charge in [-0.1, -0.05) is 11.6 Å². The van der Waals surface area contributed by atoms with Crippen molar-refractivity contribution >= 4 is 11.6 Å². The summed E-state index contributed by atoms with van der Waals surface area (Å²) in [5.74, 6) is 0.889. The minimum Gasteiger partial charge on any atom is -0.492 e. The molecule has 0 spiro atoms. The number of ether oxygens (including phenoxy) is 1. The standard InChI is InChI=1S/C14H21ClN2O/c1-12-11-17(8-2-7-16-12)9-10-18-14-5-3-13(15)4-6-14/h3-6,12,16H,2,7-11H2,1H3. The molecule has 18 heavy (non-hydrogen) atoms. The van der Waals surface area contributed by atoms with Crippen molar-refractivity contribution in [3.8, 4) is 5.75 Å². The molecule has 100 valence electrons. The van der Waals surface area contributed by atoms with Crippen LogP contribution in [0.3, 0.4) is 0 Å². The predicted octanol–water partition coefficient (Wildman–Crippen LogP) is 2.40. The van der Waals surface area contributed by atoms with E-state index in [1.807, 2.05) is 24.3 Å². The van der Waals surface area contributed by atoms with Crippen molar-refractivity contribution in [2.45, 2.75) is 19.4 Å². The molecule has 1 atom stereocenters. The first-order chi connectivity index (χ1) is 8.74. The second-order valence-corrected chi connectivity index (χ2v) is 5.25. The summed E-state index contributed by atoms with van der Waals surface area (Å²) in [6.45, 7) is 7.32. The molecule has 1 aromatic carbocycles. The summed E-state index contributed by atoms with van der Waals surface area (Å²) in [5.41, 5.74) is 0. The molecule has 1 heterocycles. The van der Waals surface area contributed by atoms with Gasteiger partial charge in [0.1, 0.15) is 12.4 Å². The zero-order valence-corrected chi connectivity index (χ0v) is 11.6. The number of nitrogens with zero attached hydrogens (tertiary/aromatic N) is 1. The Morgan fingerprint density at radius 3 is 2.94 bits per heavy atom. The van der Waals surface area contributed by atoms with Crippen LogP contribution in [-0.4, -0.2) is 43.7 Å². The van der Waals surface area contributed by atoms with Crippen LogP contribution >= 0.6 is 11.6 Å². The van der Waals surface area contributed by atoms with Crippen molar-refractivity contribution in [1.82, 2.24) is 10.2 Å². The van der Waals surface area contributed by atoms with E-state index < -0.39 is 0 Å². The fourth-order valence-corrected chi connectivity index (χ4v) is 2.35. The van der Waals surface area contributed by atoms with Crippen molar-refractivity contribution in [1.29, 1.82) is 0 Å². The van der Waals surface area contributed by atoms with Gasteiger partial charge in [-0.2, -0.15) is 0 Å². The average molecular weight is 269 g/mol. The lowest BCUT2D eigenvalue weighted by Crippen LogP contribution is -2.37. The van der Waals surface area contributed by atoms with Gasteiger partial charge in [0.2, 0.25) is 0 Å². The smallest absolute Gasteiger partial charge is 0.119 e. The van der Waals surface area contributed by atoms with Gasteiger partial charge >= 0.3 is 0 Å². The molecular weight excluding hydrogens is 248 g/mol. The summed E-state index contributed by atoms with van der Waals surface area (Å²) >= 11 is 5.83. The normalized spacial score (nSPS) is 21.6. The van der Waals surface area contributed by atoms with Gasteiger partial charge in [-0.05, 0) is 50.7 Å². The highest BCUT2D eigenvalue weighted by Crippen LogP contribution is 2.15. The lowest BCUT2D eigenvalue weighted by molar-refractivity contribution is 0.208. The van der Waals surface area contributed by atoms with Gasteiger partial charge in [0, 0.05) is 24.2 Å². The SMILES string of the molecule is CC1CN(CCOc2ccc(Cl)cc2)CCCN1. The summed E-state index contributed by atoms with van der Waals surface area (Å²) < 4.78 is 5.72. The largest absolute Gasteiger partial charge is 0.492 e. The van der Waals surface area contributed by atoms with E-state index in [0.717, 1.165) is 43.6 Å². The molecule has 1 aliphatic rings. The van der Waals surface area contributed by atoms with Gasteiger partial charge in [-0.25, -0.2) is 0 Å². The summed E-state index contributed by atoms with van der Waals surface area (Å²) in [7, 11) is 0. The third kappa shape index (κ3) is 4.48. The molecule has 1 saturated heterocycles. The maximum absolute atomic E-state index is 5.83. The molecule has 1 unspecified atom stereocenters. The number of hydrogen-bond acceptors (Lipinski definition) is 3. The van der Waals surface area contributed by atoms with Crippen LogP contribution < -0.4 is 10.1 Å². The molecule has 0 saturated carbocycles. The number of benzene rings is 1. The second-order valence-electron chi connectivity index (χ2n) is 4.81. The van der Waals surface area contributed by atoms with Gasteiger partial charge < -0.3 is 10.1 Å².